The monoisotopic (exact) mass is 567 g/mol. The number of aromatic nitrogens is 2. The van der Waals surface area contributed by atoms with Crippen LogP contribution in [0.2, 0.25) is 0 Å². The number of ether oxygens (including phenoxy) is 1. The molecule has 3 N–H and O–H groups in total. The largest absolute Gasteiger partial charge is 0.454 e. The van der Waals surface area contributed by atoms with Crippen molar-refractivity contribution < 1.29 is 27.1 Å². The molecule has 1 unspecified atom stereocenters. The quantitative estimate of drug-likeness (QED) is 0.210. The number of nitrogen functional groups attached to an aromatic ring is 1. The molecule has 3 atom stereocenters. The Hall–Kier alpha value is -4.28. The van der Waals surface area contributed by atoms with Crippen molar-refractivity contribution in [3.63, 3.8) is 0 Å². The lowest BCUT2D eigenvalue weighted by Gasteiger charge is -2.21. The van der Waals surface area contributed by atoms with Gasteiger partial charge >= 0.3 is 0 Å². The van der Waals surface area contributed by atoms with Gasteiger partial charge in [0.2, 0.25) is 11.7 Å². The zero-order chi connectivity index (χ0) is 29.3. The van der Waals surface area contributed by atoms with Crippen molar-refractivity contribution in [2.45, 2.75) is 51.0 Å². The zero-order valence-electron chi connectivity index (χ0n) is 22.4. The van der Waals surface area contributed by atoms with Crippen LogP contribution in [0.25, 0.3) is 0 Å². The molecule has 1 aliphatic carbocycles. The summed E-state index contributed by atoms with van der Waals surface area (Å²) in [6, 6.07) is 4.27. The maximum absolute atomic E-state index is 15.5. The number of fused-ring (bicyclic) bond motifs is 1. The lowest BCUT2D eigenvalue weighted by molar-refractivity contribution is -0.117. The van der Waals surface area contributed by atoms with Gasteiger partial charge in [-0.2, -0.15) is 4.39 Å². The van der Waals surface area contributed by atoms with Crippen LogP contribution in [-0.4, -0.2) is 34.2 Å². The van der Waals surface area contributed by atoms with E-state index < -0.39 is 29.0 Å². The number of nitrogens with two attached hydrogens (primary N) is 1. The second-order valence-electron chi connectivity index (χ2n) is 10.4. The number of benzene rings is 2. The first kappa shape index (κ1) is 28.3. The molecule has 1 saturated carbocycles. The molecule has 1 aromatic heterocycles. The normalized spacial score (nSPS) is 20.1. The van der Waals surface area contributed by atoms with E-state index in [-0.39, 0.29) is 46.3 Å². The number of rotatable bonds is 7. The third-order valence-electron chi connectivity index (χ3n) is 7.74. The summed E-state index contributed by atoms with van der Waals surface area (Å²) in [5, 5.41) is 2.97. The zero-order valence-corrected chi connectivity index (χ0v) is 22.4. The Balaban J connectivity index is 1.41. The number of aliphatic imine (C=N–C) groups is 1. The minimum Gasteiger partial charge on any atom is -0.454 e. The summed E-state index contributed by atoms with van der Waals surface area (Å²) in [7, 11) is 0. The highest BCUT2D eigenvalue weighted by Crippen LogP contribution is 2.39. The molecule has 5 rings (SSSR count). The van der Waals surface area contributed by atoms with Crippen LogP contribution in [-0.2, 0) is 4.79 Å². The Morgan fingerprint density at radius 1 is 1.12 bits per heavy atom. The van der Waals surface area contributed by atoms with Crippen LogP contribution in [0.1, 0.15) is 60.4 Å². The molecular weight excluding hydrogens is 538 g/mol. The molecule has 0 radical (unpaired) electrons. The van der Waals surface area contributed by atoms with E-state index in [0.717, 1.165) is 31.7 Å². The summed E-state index contributed by atoms with van der Waals surface area (Å²) in [6.45, 7) is 5.13. The number of carbonyl (C=O) groups is 1. The number of halogens is 4. The number of amides is 1. The van der Waals surface area contributed by atoms with Gasteiger partial charge in [0, 0.05) is 41.8 Å². The summed E-state index contributed by atoms with van der Waals surface area (Å²) in [5.74, 6) is -5.01. The van der Waals surface area contributed by atoms with Crippen molar-refractivity contribution in [1.82, 2.24) is 15.3 Å². The Bertz CT molecular complexity index is 1520. The second-order valence-corrected chi connectivity index (χ2v) is 10.4. The molecule has 0 spiro atoms. The molecule has 1 fully saturated rings. The first-order valence-electron chi connectivity index (χ1n) is 13.4. The van der Waals surface area contributed by atoms with Crippen LogP contribution >= 0.6 is 0 Å². The molecule has 2 aliphatic rings. The van der Waals surface area contributed by atoms with Crippen molar-refractivity contribution in [2.75, 3.05) is 12.3 Å². The maximum atomic E-state index is 15.5. The summed E-state index contributed by atoms with van der Waals surface area (Å²) < 4.78 is 62.9. The molecule has 1 amide bonds. The van der Waals surface area contributed by atoms with Gasteiger partial charge in [0.25, 0.3) is 0 Å². The van der Waals surface area contributed by atoms with Gasteiger partial charge < -0.3 is 15.8 Å². The fourth-order valence-electron chi connectivity index (χ4n) is 5.70. The molecule has 0 bridgehead atoms. The summed E-state index contributed by atoms with van der Waals surface area (Å²) in [4.78, 5) is 25.1. The number of nitrogens with zero attached hydrogens (tertiary/aromatic N) is 3. The molecule has 1 aliphatic heterocycles. The lowest BCUT2D eigenvalue weighted by Crippen LogP contribution is -2.31. The molecule has 7 nitrogen and oxygen atoms in total. The van der Waals surface area contributed by atoms with E-state index in [1.165, 1.54) is 31.5 Å². The van der Waals surface area contributed by atoms with E-state index in [0.29, 0.717) is 36.2 Å². The van der Waals surface area contributed by atoms with Gasteiger partial charge in [-0.15, -0.1) is 0 Å². The van der Waals surface area contributed by atoms with Crippen LogP contribution < -0.4 is 15.8 Å². The number of hydrogen-bond acceptors (Lipinski definition) is 6. The minimum absolute atomic E-state index is 0.00472. The molecular formula is C30H29F4N5O2. The Labute approximate surface area is 234 Å². The average Bonchev–Trinajstić information content (AvgIpc) is 3.30. The van der Waals surface area contributed by atoms with Crippen molar-refractivity contribution in [2.24, 2.45) is 10.9 Å². The van der Waals surface area contributed by atoms with E-state index >= 15 is 4.39 Å². The lowest BCUT2D eigenvalue weighted by atomic mass is 9.86. The second kappa shape index (κ2) is 11.7. The first-order chi connectivity index (χ1) is 19.7. The number of hydrogen-bond donors (Lipinski definition) is 2. The van der Waals surface area contributed by atoms with Gasteiger partial charge in [0.15, 0.2) is 11.6 Å². The first-order valence-corrected chi connectivity index (χ1v) is 13.4. The molecule has 0 saturated heterocycles. The van der Waals surface area contributed by atoms with Crippen molar-refractivity contribution in [3.05, 3.63) is 88.9 Å². The van der Waals surface area contributed by atoms with Crippen LogP contribution in [0.5, 0.6) is 11.5 Å². The molecule has 2 heterocycles. The maximum Gasteiger partial charge on any atom is 0.243 e. The standard InChI is InChI=1S/C30H29F4N5O2/c1-3-24(40)39-18-5-4-16(11-18)10-17-8-9-36-28(25-27(17)37-14-38-30(25)35)20-7-6-19(12-22(20)32)41-29-15(2)21(31)13-23(33)26(29)34/h3,6-7,12-14,16-18H,1,4-5,8-11H2,2H3,(H,39,40)(H2,35,37,38)/t16-,17?,18-/m0/s1. The van der Waals surface area contributed by atoms with E-state index in [1.54, 1.807) is 0 Å². The van der Waals surface area contributed by atoms with Gasteiger partial charge in [0.05, 0.1) is 17.0 Å². The smallest absolute Gasteiger partial charge is 0.243 e. The van der Waals surface area contributed by atoms with Crippen molar-refractivity contribution in [1.29, 1.82) is 0 Å². The summed E-state index contributed by atoms with van der Waals surface area (Å²) in [5.41, 5.74) is 7.57. The minimum atomic E-state index is -1.41. The van der Waals surface area contributed by atoms with E-state index in [2.05, 4.69) is 26.9 Å². The van der Waals surface area contributed by atoms with Gasteiger partial charge in [-0.05, 0) is 63.2 Å². The third-order valence-corrected chi connectivity index (χ3v) is 7.74. The SMILES string of the molecule is C=CC(=O)N[C@H]1CC[C@@H](CC2CCN=C(c3ccc(Oc4c(C)c(F)cc(F)c4F)cc3F)c3c(N)ncnc32)C1. The third kappa shape index (κ3) is 5.79. The fourth-order valence-corrected chi connectivity index (χ4v) is 5.70. The van der Waals surface area contributed by atoms with Crippen molar-refractivity contribution >= 4 is 17.4 Å². The summed E-state index contributed by atoms with van der Waals surface area (Å²) in [6.07, 6.45) is 6.79. The summed E-state index contributed by atoms with van der Waals surface area (Å²) >= 11 is 0. The van der Waals surface area contributed by atoms with E-state index in [1.807, 2.05) is 0 Å². The van der Waals surface area contributed by atoms with E-state index in [4.69, 9.17) is 10.5 Å². The molecule has 11 heteroatoms. The van der Waals surface area contributed by atoms with Crippen LogP contribution in [0, 0.1) is 36.1 Å². The average molecular weight is 568 g/mol. The molecule has 214 valence electrons. The highest BCUT2D eigenvalue weighted by molar-refractivity contribution is 6.16. The Morgan fingerprint density at radius 2 is 1.93 bits per heavy atom. The van der Waals surface area contributed by atoms with Crippen molar-refractivity contribution in [3.8, 4) is 11.5 Å². The highest BCUT2D eigenvalue weighted by Gasteiger charge is 2.32. The topological polar surface area (TPSA) is 102 Å². The van der Waals surface area contributed by atoms with Gasteiger partial charge in [-0.3, -0.25) is 9.79 Å². The van der Waals surface area contributed by atoms with Crippen LogP contribution in [0.3, 0.4) is 0 Å². The van der Waals surface area contributed by atoms with Gasteiger partial charge in [0.1, 0.15) is 29.5 Å². The van der Waals surface area contributed by atoms with Crippen LogP contribution in [0.4, 0.5) is 23.4 Å². The van der Waals surface area contributed by atoms with Crippen LogP contribution in [0.15, 0.2) is 48.2 Å². The Kier molecular flexibility index (Phi) is 8.05. The predicted octanol–water partition coefficient (Wildman–Crippen LogP) is 5.90. The van der Waals surface area contributed by atoms with Gasteiger partial charge in [-0.25, -0.2) is 23.1 Å². The van der Waals surface area contributed by atoms with Gasteiger partial charge in [-0.1, -0.05) is 6.58 Å². The Morgan fingerprint density at radius 3 is 2.68 bits per heavy atom. The number of anilines is 1. The predicted molar refractivity (Wildman–Crippen MR) is 146 cm³/mol. The molecule has 3 aromatic rings. The molecule has 2 aromatic carbocycles. The van der Waals surface area contributed by atoms with E-state index in [9.17, 15) is 18.0 Å². The number of nitrogens with one attached hydrogen (secondary N) is 1. The molecule has 41 heavy (non-hydrogen) atoms. The highest BCUT2D eigenvalue weighted by atomic mass is 19.2. The fraction of sp³-hybridized carbons (Fsp3) is 0.333. The number of carbonyl (C=O) groups excluding carboxylic acids is 1.